The zero-order valence-corrected chi connectivity index (χ0v) is 10.1. The summed E-state index contributed by atoms with van der Waals surface area (Å²) in [6.07, 6.45) is 1.92. The lowest BCUT2D eigenvalue weighted by Crippen LogP contribution is -2.13. The summed E-state index contributed by atoms with van der Waals surface area (Å²) >= 11 is 0. The monoisotopic (exact) mass is 231 g/mol. The molecule has 0 aliphatic rings. The normalized spacial score (nSPS) is 10.7. The van der Waals surface area contributed by atoms with Crippen LogP contribution in [0.4, 0.5) is 0 Å². The molecule has 90 valence electrons. The Morgan fingerprint density at radius 3 is 2.82 bits per heavy atom. The van der Waals surface area contributed by atoms with Gasteiger partial charge in [0.15, 0.2) is 0 Å². The molecule has 2 aromatic rings. The molecular formula is C13H17N3O. The standard InChI is InChI=1S/C13H17N3O/c1-10-3-4-13(17)11(7-10)8-14-9-12-5-6-16(2)15-12/h3-7,14,17H,8-9H2,1-2H3. The Hall–Kier alpha value is -1.81. The number of benzene rings is 1. The molecule has 4 heteroatoms. The fourth-order valence-electron chi connectivity index (χ4n) is 1.74. The molecule has 0 saturated carbocycles. The van der Waals surface area contributed by atoms with Gasteiger partial charge in [-0.2, -0.15) is 5.10 Å². The van der Waals surface area contributed by atoms with Gasteiger partial charge in [0.2, 0.25) is 0 Å². The number of aromatic nitrogens is 2. The van der Waals surface area contributed by atoms with Crippen LogP contribution in [-0.4, -0.2) is 14.9 Å². The Morgan fingerprint density at radius 2 is 2.12 bits per heavy atom. The number of phenols is 1. The van der Waals surface area contributed by atoms with Gasteiger partial charge in [0.25, 0.3) is 0 Å². The number of rotatable bonds is 4. The van der Waals surface area contributed by atoms with E-state index in [1.165, 1.54) is 0 Å². The summed E-state index contributed by atoms with van der Waals surface area (Å²) in [7, 11) is 1.90. The number of aromatic hydroxyl groups is 1. The lowest BCUT2D eigenvalue weighted by Gasteiger charge is -2.06. The van der Waals surface area contributed by atoms with Gasteiger partial charge >= 0.3 is 0 Å². The van der Waals surface area contributed by atoms with Crippen molar-refractivity contribution < 1.29 is 5.11 Å². The second-order valence-corrected chi connectivity index (χ2v) is 4.22. The zero-order chi connectivity index (χ0) is 12.3. The third kappa shape index (κ3) is 3.07. The topological polar surface area (TPSA) is 50.1 Å². The van der Waals surface area contributed by atoms with E-state index in [1.54, 1.807) is 10.7 Å². The number of aryl methyl sites for hydroxylation is 2. The molecule has 1 aromatic heterocycles. The maximum absolute atomic E-state index is 9.68. The molecule has 1 aromatic carbocycles. The second-order valence-electron chi connectivity index (χ2n) is 4.22. The first-order valence-corrected chi connectivity index (χ1v) is 5.63. The van der Waals surface area contributed by atoms with Crippen LogP contribution < -0.4 is 5.32 Å². The molecular weight excluding hydrogens is 214 g/mol. The van der Waals surface area contributed by atoms with E-state index in [1.807, 2.05) is 38.4 Å². The third-order valence-corrected chi connectivity index (χ3v) is 2.63. The maximum atomic E-state index is 9.68. The molecule has 2 rings (SSSR count). The average Bonchev–Trinajstić information content (AvgIpc) is 2.69. The summed E-state index contributed by atoms with van der Waals surface area (Å²) in [5.74, 6) is 0.337. The fraction of sp³-hybridized carbons (Fsp3) is 0.308. The fourth-order valence-corrected chi connectivity index (χ4v) is 1.74. The lowest BCUT2D eigenvalue weighted by molar-refractivity contribution is 0.464. The van der Waals surface area contributed by atoms with Gasteiger partial charge in [-0.25, -0.2) is 0 Å². The van der Waals surface area contributed by atoms with E-state index in [9.17, 15) is 5.11 Å². The third-order valence-electron chi connectivity index (χ3n) is 2.63. The Balaban J connectivity index is 1.91. The van der Waals surface area contributed by atoms with Crippen LogP contribution in [0.2, 0.25) is 0 Å². The summed E-state index contributed by atoms with van der Waals surface area (Å²) < 4.78 is 1.78. The Morgan fingerprint density at radius 1 is 1.29 bits per heavy atom. The van der Waals surface area contributed by atoms with E-state index < -0.39 is 0 Å². The molecule has 0 fully saturated rings. The van der Waals surface area contributed by atoms with Gasteiger partial charge in [-0.1, -0.05) is 17.7 Å². The van der Waals surface area contributed by atoms with Gasteiger partial charge < -0.3 is 10.4 Å². The summed E-state index contributed by atoms with van der Waals surface area (Å²) in [5, 5.41) is 17.2. The number of nitrogens with one attached hydrogen (secondary N) is 1. The molecule has 0 saturated heterocycles. The molecule has 0 aliphatic heterocycles. The van der Waals surface area contributed by atoms with Crippen LogP contribution in [0, 0.1) is 6.92 Å². The molecule has 0 bridgehead atoms. The van der Waals surface area contributed by atoms with E-state index in [2.05, 4.69) is 10.4 Å². The Labute approximate surface area is 101 Å². The van der Waals surface area contributed by atoms with Crippen LogP contribution in [0.5, 0.6) is 5.75 Å². The van der Waals surface area contributed by atoms with Gasteiger partial charge in [0.1, 0.15) is 5.75 Å². The first kappa shape index (κ1) is 11.7. The molecule has 17 heavy (non-hydrogen) atoms. The van der Waals surface area contributed by atoms with Crippen molar-refractivity contribution in [2.24, 2.45) is 7.05 Å². The number of nitrogens with zero attached hydrogens (tertiary/aromatic N) is 2. The Kier molecular flexibility index (Phi) is 3.44. The highest BCUT2D eigenvalue weighted by atomic mass is 16.3. The Bertz CT molecular complexity index is 505. The van der Waals surface area contributed by atoms with Crippen molar-refractivity contribution in [2.45, 2.75) is 20.0 Å². The van der Waals surface area contributed by atoms with Crippen LogP contribution in [0.1, 0.15) is 16.8 Å². The maximum Gasteiger partial charge on any atom is 0.120 e. The summed E-state index contributed by atoms with van der Waals surface area (Å²) in [6.45, 7) is 3.36. The number of hydrogen-bond donors (Lipinski definition) is 2. The van der Waals surface area contributed by atoms with Gasteiger partial charge in [-0.15, -0.1) is 0 Å². The molecule has 0 atom stereocenters. The molecule has 2 N–H and O–H groups in total. The molecule has 0 amide bonds. The SMILES string of the molecule is Cc1ccc(O)c(CNCc2ccn(C)n2)c1. The van der Waals surface area contributed by atoms with Gasteiger partial charge in [-0.05, 0) is 19.1 Å². The van der Waals surface area contributed by atoms with Gasteiger partial charge in [-0.3, -0.25) is 4.68 Å². The minimum absolute atomic E-state index is 0.337. The molecule has 0 radical (unpaired) electrons. The van der Waals surface area contributed by atoms with Crippen LogP contribution in [-0.2, 0) is 20.1 Å². The van der Waals surface area contributed by atoms with Crippen molar-refractivity contribution in [3.63, 3.8) is 0 Å². The van der Waals surface area contributed by atoms with Gasteiger partial charge in [0.05, 0.1) is 5.69 Å². The molecule has 1 heterocycles. The van der Waals surface area contributed by atoms with Gasteiger partial charge in [0, 0.05) is 31.9 Å². The molecule has 0 aliphatic carbocycles. The molecule has 0 unspecified atom stereocenters. The van der Waals surface area contributed by atoms with Crippen molar-refractivity contribution in [1.82, 2.24) is 15.1 Å². The minimum atomic E-state index is 0.337. The first-order valence-electron chi connectivity index (χ1n) is 5.63. The van der Waals surface area contributed by atoms with E-state index in [-0.39, 0.29) is 0 Å². The lowest BCUT2D eigenvalue weighted by atomic mass is 10.1. The van der Waals surface area contributed by atoms with Crippen molar-refractivity contribution >= 4 is 0 Å². The second kappa shape index (κ2) is 5.01. The van der Waals surface area contributed by atoms with Crippen LogP contribution in [0.25, 0.3) is 0 Å². The van der Waals surface area contributed by atoms with E-state index in [0.29, 0.717) is 18.8 Å². The smallest absolute Gasteiger partial charge is 0.120 e. The van der Waals surface area contributed by atoms with E-state index in [0.717, 1.165) is 16.8 Å². The van der Waals surface area contributed by atoms with Crippen molar-refractivity contribution in [3.05, 3.63) is 47.3 Å². The molecule has 4 nitrogen and oxygen atoms in total. The van der Waals surface area contributed by atoms with Crippen molar-refractivity contribution in [3.8, 4) is 5.75 Å². The predicted octanol–water partition coefficient (Wildman–Crippen LogP) is 1.72. The largest absolute Gasteiger partial charge is 0.508 e. The van der Waals surface area contributed by atoms with Crippen molar-refractivity contribution in [1.29, 1.82) is 0 Å². The molecule has 0 spiro atoms. The highest BCUT2D eigenvalue weighted by Gasteiger charge is 2.01. The summed E-state index contributed by atoms with van der Waals surface area (Å²) in [4.78, 5) is 0. The minimum Gasteiger partial charge on any atom is -0.508 e. The van der Waals surface area contributed by atoms with Crippen LogP contribution in [0.3, 0.4) is 0 Å². The summed E-state index contributed by atoms with van der Waals surface area (Å²) in [5.41, 5.74) is 3.07. The zero-order valence-electron chi connectivity index (χ0n) is 10.1. The average molecular weight is 231 g/mol. The number of hydrogen-bond acceptors (Lipinski definition) is 3. The van der Waals surface area contributed by atoms with Crippen LogP contribution >= 0.6 is 0 Å². The first-order chi connectivity index (χ1) is 8.15. The summed E-state index contributed by atoms with van der Waals surface area (Å²) in [6, 6.07) is 7.59. The van der Waals surface area contributed by atoms with E-state index >= 15 is 0 Å². The van der Waals surface area contributed by atoms with Crippen molar-refractivity contribution in [2.75, 3.05) is 0 Å². The van der Waals surface area contributed by atoms with E-state index in [4.69, 9.17) is 0 Å². The quantitative estimate of drug-likeness (QED) is 0.842. The highest BCUT2D eigenvalue weighted by molar-refractivity contribution is 5.35. The highest BCUT2D eigenvalue weighted by Crippen LogP contribution is 2.17. The number of phenolic OH excluding ortho intramolecular Hbond substituents is 1. The van der Waals surface area contributed by atoms with Crippen LogP contribution in [0.15, 0.2) is 30.5 Å². The predicted molar refractivity (Wildman–Crippen MR) is 66.6 cm³/mol.